The van der Waals surface area contributed by atoms with E-state index in [9.17, 15) is 35.9 Å². The number of oxime groups is 2. The van der Waals surface area contributed by atoms with Crippen molar-refractivity contribution >= 4 is 39.7 Å². The number of rotatable bonds is 5. The lowest BCUT2D eigenvalue weighted by atomic mass is 9.85. The molecule has 0 saturated heterocycles. The van der Waals surface area contributed by atoms with E-state index in [-0.39, 0.29) is 27.7 Å². The molecule has 0 bridgehead atoms. The van der Waals surface area contributed by atoms with Crippen molar-refractivity contribution in [2.24, 2.45) is 10.3 Å². The fourth-order valence-corrected chi connectivity index (χ4v) is 4.63. The van der Waals surface area contributed by atoms with E-state index in [1.165, 1.54) is 25.1 Å². The molecule has 2 amide bonds. The molecule has 202 valence electrons. The Kier molecular flexibility index (Phi) is 7.06. The third-order valence-corrected chi connectivity index (χ3v) is 6.58. The van der Waals surface area contributed by atoms with Gasteiger partial charge in [-0.3, -0.25) is 9.59 Å². The van der Waals surface area contributed by atoms with Gasteiger partial charge in [-0.2, -0.15) is 26.3 Å². The van der Waals surface area contributed by atoms with E-state index in [1.807, 2.05) is 0 Å². The molecule has 2 atom stereocenters. The molecule has 0 N–H and O–H groups in total. The molecule has 38 heavy (non-hydrogen) atoms. The normalized spacial score (nSPS) is 21.3. The molecule has 0 fully saturated rings. The van der Waals surface area contributed by atoms with Crippen molar-refractivity contribution in [3.8, 4) is 0 Å². The summed E-state index contributed by atoms with van der Waals surface area (Å²) in [7, 11) is 0. The van der Waals surface area contributed by atoms with Crippen LogP contribution >= 0.6 is 15.9 Å². The first kappa shape index (κ1) is 27.6. The van der Waals surface area contributed by atoms with Crippen LogP contribution in [0.1, 0.15) is 52.4 Å². The van der Waals surface area contributed by atoms with Crippen molar-refractivity contribution in [2.45, 2.75) is 50.9 Å². The summed E-state index contributed by atoms with van der Waals surface area (Å²) >= 11 is 2.84. The molecular weight excluding hydrogens is 588 g/mol. The fraction of sp³-hybridized carbons (Fsp3) is 0.333. The number of benzene rings is 2. The summed E-state index contributed by atoms with van der Waals surface area (Å²) < 4.78 is 82.6. The van der Waals surface area contributed by atoms with Gasteiger partial charge < -0.3 is 9.68 Å². The maximum atomic E-state index is 14.3. The topological polar surface area (TPSA) is 80.6 Å². The van der Waals surface area contributed by atoms with Gasteiger partial charge in [0.2, 0.25) is 12.6 Å². The summed E-state index contributed by atoms with van der Waals surface area (Å²) in [6.45, 7) is 3.17. The summed E-state index contributed by atoms with van der Waals surface area (Å²) in [6, 6.07) is 5.95. The first-order valence-electron chi connectivity index (χ1n) is 10.9. The minimum Gasteiger partial charge on any atom is -0.374 e. The van der Waals surface area contributed by atoms with E-state index in [2.05, 4.69) is 26.2 Å². The molecule has 0 aliphatic carbocycles. The first-order valence-corrected chi connectivity index (χ1v) is 11.7. The zero-order valence-electron chi connectivity index (χ0n) is 19.7. The Morgan fingerprint density at radius 1 is 1.11 bits per heavy atom. The molecule has 0 aromatic heterocycles. The minimum atomic E-state index is -5.13. The lowest BCUT2D eigenvalue weighted by Crippen LogP contribution is -2.43. The molecule has 7 nitrogen and oxygen atoms in total. The Labute approximate surface area is 220 Å². The molecule has 14 heteroatoms. The third kappa shape index (κ3) is 5.00. The van der Waals surface area contributed by atoms with Crippen LogP contribution in [0.2, 0.25) is 0 Å². The highest BCUT2D eigenvalue weighted by Crippen LogP contribution is 2.50. The van der Waals surface area contributed by atoms with Gasteiger partial charge in [0.05, 0.1) is 17.0 Å². The highest BCUT2D eigenvalue weighted by molar-refractivity contribution is 9.10. The van der Waals surface area contributed by atoms with Gasteiger partial charge >= 0.3 is 12.4 Å². The van der Waals surface area contributed by atoms with Crippen LogP contribution in [0.5, 0.6) is 0 Å². The molecule has 2 aromatic rings. The first-order chi connectivity index (χ1) is 17.7. The molecule has 2 aromatic carbocycles. The van der Waals surface area contributed by atoms with Gasteiger partial charge in [-0.1, -0.05) is 32.3 Å². The number of nitrogens with zero attached hydrogens (tertiary/aromatic N) is 3. The molecule has 2 aliphatic rings. The second-order valence-electron chi connectivity index (χ2n) is 8.80. The van der Waals surface area contributed by atoms with E-state index in [4.69, 9.17) is 9.68 Å². The predicted molar refractivity (Wildman–Crippen MR) is 125 cm³/mol. The molecule has 0 radical (unpaired) electrons. The van der Waals surface area contributed by atoms with Crippen LogP contribution in [0.4, 0.5) is 26.3 Å². The van der Waals surface area contributed by atoms with Crippen LogP contribution in [-0.2, 0) is 26.2 Å². The Balaban J connectivity index is 1.64. The second-order valence-corrected chi connectivity index (χ2v) is 9.71. The predicted octanol–water partition coefficient (Wildman–Crippen LogP) is 6.08. The van der Waals surface area contributed by atoms with Gasteiger partial charge in [0, 0.05) is 28.4 Å². The van der Waals surface area contributed by atoms with E-state index >= 15 is 0 Å². The molecule has 2 aliphatic heterocycles. The molecule has 2 heterocycles. The van der Waals surface area contributed by atoms with Crippen LogP contribution in [0, 0.1) is 6.92 Å². The second kappa shape index (κ2) is 9.71. The van der Waals surface area contributed by atoms with Crippen molar-refractivity contribution in [1.29, 1.82) is 0 Å². The SMILES string of the molecule is CC1=NOC(N(C=O)C(=O)c2ccc(C3=NO[C@@](c4cc(Br)cc(C(F)(F)F)c4)(C(F)(F)F)C3)cc2C)C1. The fourth-order valence-electron chi connectivity index (χ4n) is 4.14. The van der Waals surface area contributed by atoms with Crippen LogP contribution in [-0.4, -0.2) is 41.0 Å². The zero-order valence-corrected chi connectivity index (χ0v) is 21.2. The minimum absolute atomic E-state index is 0.0809. The summed E-state index contributed by atoms with van der Waals surface area (Å²) in [5.41, 5.74) is -4.28. The number of amides is 2. The van der Waals surface area contributed by atoms with Crippen LogP contribution in [0.3, 0.4) is 0 Å². The smallest absolute Gasteiger partial charge is 0.374 e. The molecule has 4 rings (SSSR count). The van der Waals surface area contributed by atoms with E-state index in [0.717, 1.165) is 11.0 Å². The van der Waals surface area contributed by atoms with Gasteiger partial charge in [0.25, 0.3) is 11.5 Å². The standard InChI is InChI=1S/C24H18BrF6N3O4/c1-12-5-14(3-4-18(12)21(36)34(11-35)20-6-13(2)32-37-20)19-10-22(38-33-19,24(29,30)31)15-7-16(23(26,27)28)9-17(25)8-15/h3-5,7-9,11,20H,6,10H2,1-2H3/t20?,22-/m0/s1. The zero-order chi connectivity index (χ0) is 28.0. The van der Waals surface area contributed by atoms with Gasteiger partial charge in [-0.05, 0) is 55.3 Å². The third-order valence-electron chi connectivity index (χ3n) is 6.13. The highest BCUT2D eigenvalue weighted by Gasteiger charge is 2.62. The van der Waals surface area contributed by atoms with E-state index in [0.29, 0.717) is 29.8 Å². The number of carbonyl (C=O) groups is 2. The van der Waals surface area contributed by atoms with Crippen molar-refractivity contribution in [1.82, 2.24) is 4.90 Å². The number of carbonyl (C=O) groups excluding carboxylic acids is 2. The van der Waals surface area contributed by atoms with Crippen molar-refractivity contribution in [3.05, 3.63) is 68.7 Å². The number of alkyl halides is 6. The van der Waals surface area contributed by atoms with Crippen molar-refractivity contribution in [2.75, 3.05) is 0 Å². The van der Waals surface area contributed by atoms with Crippen molar-refractivity contribution in [3.63, 3.8) is 0 Å². The maximum absolute atomic E-state index is 14.3. The van der Waals surface area contributed by atoms with E-state index in [1.54, 1.807) is 6.92 Å². The number of hydrogen-bond donors (Lipinski definition) is 0. The largest absolute Gasteiger partial charge is 0.435 e. The van der Waals surface area contributed by atoms with Gasteiger partial charge in [0.1, 0.15) is 0 Å². The molecule has 0 spiro atoms. The van der Waals surface area contributed by atoms with Gasteiger partial charge in [0.15, 0.2) is 0 Å². The molecule has 1 unspecified atom stereocenters. The van der Waals surface area contributed by atoms with E-state index < -0.39 is 47.6 Å². The summed E-state index contributed by atoms with van der Waals surface area (Å²) in [5, 5.41) is 7.29. The monoisotopic (exact) mass is 605 g/mol. The summed E-state index contributed by atoms with van der Waals surface area (Å²) in [6.07, 6.45) is -11.3. The lowest BCUT2D eigenvalue weighted by Gasteiger charge is -2.30. The molecule has 0 saturated carbocycles. The van der Waals surface area contributed by atoms with Crippen LogP contribution in [0.25, 0.3) is 0 Å². The van der Waals surface area contributed by atoms with Crippen molar-refractivity contribution < 1.29 is 45.6 Å². The Morgan fingerprint density at radius 3 is 2.37 bits per heavy atom. The number of aryl methyl sites for hydroxylation is 1. The number of imide groups is 1. The highest BCUT2D eigenvalue weighted by atomic mass is 79.9. The Hall–Kier alpha value is -3.42. The lowest BCUT2D eigenvalue weighted by molar-refractivity contribution is -0.276. The quantitative estimate of drug-likeness (QED) is 0.306. The maximum Gasteiger partial charge on any atom is 0.435 e. The van der Waals surface area contributed by atoms with Gasteiger partial charge in [-0.25, -0.2) is 4.90 Å². The average Bonchev–Trinajstić information content (AvgIpc) is 3.46. The van der Waals surface area contributed by atoms with Crippen LogP contribution in [0.15, 0.2) is 51.2 Å². The van der Waals surface area contributed by atoms with Crippen LogP contribution < -0.4 is 0 Å². The van der Waals surface area contributed by atoms with Gasteiger partial charge in [-0.15, -0.1) is 0 Å². The number of hydrogen-bond acceptors (Lipinski definition) is 6. The molecular formula is C24H18BrF6N3O4. The summed E-state index contributed by atoms with van der Waals surface area (Å²) in [4.78, 5) is 35.3. The Morgan fingerprint density at radius 2 is 1.82 bits per heavy atom. The number of halogens is 7. The summed E-state index contributed by atoms with van der Waals surface area (Å²) in [5.74, 6) is -0.706. The Bertz CT molecular complexity index is 1360. The average molecular weight is 606 g/mol.